The van der Waals surface area contributed by atoms with Gasteiger partial charge in [-0.2, -0.15) is 0 Å². The van der Waals surface area contributed by atoms with Crippen LogP contribution in [0.15, 0.2) is 24.3 Å². The van der Waals surface area contributed by atoms with Crippen LogP contribution in [0.1, 0.15) is 42.6 Å². The molecule has 0 radical (unpaired) electrons. The van der Waals surface area contributed by atoms with Crippen LogP contribution in [0.5, 0.6) is 0 Å². The molecule has 1 atom stereocenters. The molecular formula is C13H17NO3. The van der Waals surface area contributed by atoms with E-state index in [1.54, 1.807) is 12.1 Å². The lowest BCUT2D eigenvalue weighted by Crippen LogP contribution is -2.30. The van der Waals surface area contributed by atoms with Gasteiger partial charge in [0.25, 0.3) is 5.91 Å². The number of carbonyl (C=O) groups is 2. The number of nitrogens with two attached hydrogens (primary N) is 1. The number of rotatable bonds is 4. The van der Waals surface area contributed by atoms with Crippen molar-refractivity contribution in [2.45, 2.75) is 32.8 Å². The molecule has 0 heterocycles. The van der Waals surface area contributed by atoms with Crippen molar-refractivity contribution in [2.24, 2.45) is 5.73 Å². The number of benzene rings is 1. The highest BCUT2D eigenvalue weighted by molar-refractivity contribution is 5.91. The summed E-state index contributed by atoms with van der Waals surface area (Å²) in [4.78, 5) is 22.4. The lowest BCUT2D eigenvalue weighted by Gasteiger charge is -2.10. The quantitative estimate of drug-likeness (QED) is 0.809. The molecule has 1 aromatic rings. The minimum atomic E-state index is -0.910. The number of esters is 1. The molecule has 0 saturated heterocycles. The van der Waals surface area contributed by atoms with Gasteiger partial charge in [0.05, 0.1) is 5.56 Å². The van der Waals surface area contributed by atoms with Crippen molar-refractivity contribution < 1.29 is 14.3 Å². The third kappa shape index (κ3) is 3.59. The highest BCUT2D eigenvalue weighted by Gasteiger charge is 2.15. The van der Waals surface area contributed by atoms with Crippen molar-refractivity contribution in [3.63, 3.8) is 0 Å². The Labute approximate surface area is 101 Å². The summed E-state index contributed by atoms with van der Waals surface area (Å²) >= 11 is 0. The van der Waals surface area contributed by atoms with Crippen LogP contribution in [0.2, 0.25) is 0 Å². The Morgan fingerprint density at radius 1 is 1.12 bits per heavy atom. The predicted octanol–water partition coefficient (Wildman–Crippen LogP) is 1.84. The van der Waals surface area contributed by atoms with Gasteiger partial charge in [0, 0.05) is 0 Å². The summed E-state index contributed by atoms with van der Waals surface area (Å²) in [5.74, 6) is -0.784. The van der Waals surface area contributed by atoms with Crippen LogP contribution in [0.4, 0.5) is 0 Å². The Morgan fingerprint density at radius 3 is 2.06 bits per heavy atom. The van der Waals surface area contributed by atoms with Crippen LogP contribution < -0.4 is 5.73 Å². The topological polar surface area (TPSA) is 69.4 Å². The molecule has 4 heteroatoms. The standard InChI is InChI=1S/C13H17NO3/c1-8(2)10-4-6-11(7-5-10)13(16)17-9(3)12(14)15/h4-9H,1-3H3,(H2,14,15). The van der Waals surface area contributed by atoms with Crippen molar-refractivity contribution in [2.75, 3.05) is 0 Å². The Kier molecular flexibility index (Phi) is 4.26. The summed E-state index contributed by atoms with van der Waals surface area (Å²) in [5.41, 5.74) is 6.57. The van der Waals surface area contributed by atoms with Crippen molar-refractivity contribution in [3.05, 3.63) is 35.4 Å². The molecule has 0 bridgehead atoms. The van der Waals surface area contributed by atoms with E-state index in [-0.39, 0.29) is 0 Å². The molecule has 0 aliphatic carbocycles. The zero-order chi connectivity index (χ0) is 13.0. The molecule has 1 amide bonds. The highest BCUT2D eigenvalue weighted by Crippen LogP contribution is 2.15. The number of primary amides is 1. The summed E-state index contributed by atoms with van der Waals surface area (Å²) in [5, 5.41) is 0. The van der Waals surface area contributed by atoms with E-state index in [2.05, 4.69) is 13.8 Å². The zero-order valence-corrected chi connectivity index (χ0v) is 10.3. The number of carbonyl (C=O) groups excluding carboxylic acids is 2. The number of hydrogen-bond donors (Lipinski definition) is 1. The average Bonchev–Trinajstić information content (AvgIpc) is 2.28. The smallest absolute Gasteiger partial charge is 0.338 e. The Balaban J connectivity index is 2.73. The Morgan fingerprint density at radius 2 is 1.65 bits per heavy atom. The van der Waals surface area contributed by atoms with E-state index in [1.165, 1.54) is 6.92 Å². The van der Waals surface area contributed by atoms with E-state index in [9.17, 15) is 9.59 Å². The summed E-state index contributed by atoms with van der Waals surface area (Å²) in [6.07, 6.45) is -0.910. The number of ether oxygens (including phenoxy) is 1. The van der Waals surface area contributed by atoms with Crippen LogP contribution in [0.3, 0.4) is 0 Å². The fourth-order valence-electron chi connectivity index (χ4n) is 1.29. The SMILES string of the molecule is CC(OC(=O)c1ccc(C(C)C)cc1)C(N)=O. The monoisotopic (exact) mass is 235 g/mol. The van der Waals surface area contributed by atoms with E-state index < -0.39 is 18.0 Å². The van der Waals surface area contributed by atoms with Gasteiger partial charge < -0.3 is 10.5 Å². The molecule has 0 saturated carbocycles. The maximum atomic E-state index is 11.6. The molecule has 0 aliphatic heterocycles. The average molecular weight is 235 g/mol. The van der Waals surface area contributed by atoms with Gasteiger partial charge in [0.2, 0.25) is 0 Å². The van der Waals surface area contributed by atoms with E-state index in [1.807, 2.05) is 12.1 Å². The van der Waals surface area contributed by atoms with E-state index >= 15 is 0 Å². The highest BCUT2D eigenvalue weighted by atomic mass is 16.5. The molecule has 0 fully saturated rings. The van der Waals surface area contributed by atoms with Gasteiger partial charge in [0.15, 0.2) is 6.10 Å². The molecule has 0 aromatic heterocycles. The second-order valence-corrected chi connectivity index (χ2v) is 4.23. The number of amides is 1. The van der Waals surface area contributed by atoms with E-state index in [4.69, 9.17) is 10.5 Å². The first kappa shape index (κ1) is 13.2. The lowest BCUT2D eigenvalue weighted by molar-refractivity contribution is -0.125. The van der Waals surface area contributed by atoms with Crippen LogP contribution in [0.25, 0.3) is 0 Å². The second-order valence-electron chi connectivity index (χ2n) is 4.23. The number of hydrogen-bond acceptors (Lipinski definition) is 3. The fraction of sp³-hybridized carbons (Fsp3) is 0.385. The normalized spacial score (nSPS) is 12.2. The molecule has 4 nitrogen and oxygen atoms in total. The van der Waals surface area contributed by atoms with Crippen LogP contribution in [0, 0.1) is 0 Å². The molecule has 0 aliphatic rings. The van der Waals surface area contributed by atoms with Crippen molar-refractivity contribution in [3.8, 4) is 0 Å². The molecule has 1 rings (SSSR count). The first-order valence-electron chi connectivity index (χ1n) is 5.52. The van der Waals surface area contributed by atoms with Gasteiger partial charge in [-0.15, -0.1) is 0 Å². The maximum Gasteiger partial charge on any atom is 0.338 e. The summed E-state index contributed by atoms with van der Waals surface area (Å²) in [7, 11) is 0. The molecule has 1 aromatic carbocycles. The van der Waals surface area contributed by atoms with E-state index in [0.29, 0.717) is 11.5 Å². The molecular weight excluding hydrogens is 218 g/mol. The fourth-order valence-corrected chi connectivity index (χ4v) is 1.29. The summed E-state index contributed by atoms with van der Waals surface area (Å²) < 4.78 is 4.88. The summed E-state index contributed by atoms with van der Waals surface area (Å²) in [6, 6.07) is 7.11. The molecule has 1 unspecified atom stereocenters. The third-order valence-corrected chi connectivity index (χ3v) is 2.50. The maximum absolute atomic E-state index is 11.6. The van der Waals surface area contributed by atoms with Crippen molar-refractivity contribution in [1.82, 2.24) is 0 Å². The van der Waals surface area contributed by atoms with E-state index in [0.717, 1.165) is 5.56 Å². The Bertz CT molecular complexity index is 409. The first-order valence-corrected chi connectivity index (χ1v) is 5.52. The zero-order valence-electron chi connectivity index (χ0n) is 10.3. The van der Waals surface area contributed by atoms with Crippen molar-refractivity contribution >= 4 is 11.9 Å². The summed E-state index contributed by atoms with van der Waals surface area (Å²) in [6.45, 7) is 5.59. The van der Waals surface area contributed by atoms with Gasteiger partial charge in [-0.3, -0.25) is 4.79 Å². The third-order valence-electron chi connectivity index (χ3n) is 2.50. The van der Waals surface area contributed by atoms with Gasteiger partial charge in [0.1, 0.15) is 0 Å². The van der Waals surface area contributed by atoms with Crippen LogP contribution >= 0.6 is 0 Å². The minimum absolute atomic E-state index is 0.407. The first-order chi connectivity index (χ1) is 7.91. The van der Waals surface area contributed by atoms with Gasteiger partial charge >= 0.3 is 5.97 Å². The largest absolute Gasteiger partial charge is 0.449 e. The predicted molar refractivity (Wildman–Crippen MR) is 64.6 cm³/mol. The molecule has 17 heavy (non-hydrogen) atoms. The van der Waals surface area contributed by atoms with Crippen LogP contribution in [-0.4, -0.2) is 18.0 Å². The Hall–Kier alpha value is -1.84. The molecule has 92 valence electrons. The van der Waals surface area contributed by atoms with Gasteiger partial charge in [-0.05, 0) is 30.5 Å². The lowest BCUT2D eigenvalue weighted by atomic mass is 10.0. The van der Waals surface area contributed by atoms with Crippen molar-refractivity contribution in [1.29, 1.82) is 0 Å². The van der Waals surface area contributed by atoms with Crippen LogP contribution in [-0.2, 0) is 9.53 Å². The van der Waals surface area contributed by atoms with Gasteiger partial charge in [-0.25, -0.2) is 4.79 Å². The van der Waals surface area contributed by atoms with Gasteiger partial charge in [-0.1, -0.05) is 26.0 Å². The second kappa shape index (κ2) is 5.48. The molecule has 0 spiro atoms. The minimum Gasteiger partial charge on any atom is -0.449 e. The molecule has 2 N–H and O–H groups in total.